The van der Waals surface area contributed by atoms with Gasteiger partial charge in [-0.05, 0) is 77.0 Å². The SMILES string of the molecule is CC(C)C[C@@H](NC(=O)OC(C)(C)C)C(=O)N1CCC(N(C2CC2)S(=O)(=O)c2cc(Cl)cc(Cl)c2)CC1. The molecule has 2 fully saturated rings. The second-order valence-electron chi connectivity index (χ2n) is 11.1. The minimum absolute atomic E-state index is 0.0532. The van der Waals surface area contributed by atoms with Crippen molar-refractivity contribution in [1.29, 1.82) is 0 Å². The highest BCUT2D eigenvalue weighted by Crippen LogP contribution is 2.38. The molecule has 2 aliphatic rings. The Labute approximate surface area is 224 Å². The molecule has 1 heterocycles. The molecule has 3 rings (SSSR count). The van der Waals surface area contributed by atoms with Crippen LogP contribution in [0.25, 0.3) is 0 Å². The molecule has 0 unspecified atom stereocenters. The number of carbonyl (C=O) groups is 2. The molecule has 1 aromatic rings. The number of ether oxygens (including phenoxy) is 1. The quantitative estimate of drug-likeness (QED) is 0.477. The molecule has 1 saturated carbocycles. The molecule has 0 bridgehead atoms. The average Bonchev–Trinajstić information content (AvgIpc) is 3.56. The van der Waals surface area contributed by atoms with E-state index in [9.17, 15) is 18.0 Å². The molecule has 8 nitrogen and oxygen atoms in total. The van der Waals surface area contributed by atoms with E-state index in [4.69, 9.17) is 27.9 Å². The van der Waals surface area contributed by atoms with Crippen molar-refractivity contribution in [2.24, 2.45) is 5.92 Å². The second kappa shape index (κ2) is 11.5. The summed E-state index contributed by atoms with van der Waals surface area (Å²) >= 11 is 12.2. The topological polar surface area (TPSA) is 96.0 Å². The van der Waals surface area contributed by atoms with Crippen LogP contribution in [0.2, 0.25) is 10.0 Å². The smallest absolute Gasteiger partial charge is 0.408 e. The zero-order valence-corrected chi connectivity index (χ0v) is 23.9. The summed E-state index contributed by atoms with van der Waals surface area (Å²) in [4.78, 5) is 27.5. The number of likely N-dealkylation sites (tertiary alicyclic amines) is 1. The maximum Gasteiger partial charge on any atom is 0.408 e. The molecule has 1 aliphatic carbocycles. The van der Waals surface area contributed by atoms with Gasteiger partial charge in [-0.15, -0.1) is 0 Å². The fraction of sp³-hybridized carbons (Fsp3) is 0.680. The first-order chi connectivity index (χ1) is 16.7. The summed E-state index contributed by atoms with van der Waals surface area (Å²) < 4.78 is 34.1. The Bertz CT molecular complexity index is 1040. The van der Waals surface area contributed by atoms with Crippen LogP contribution in [0.5, 0.6) is 0 Å². The highest BCUT2D eigenvalue weighted by molar-refractivity contribution is 7.89. The number of piperidine rings is 1. The number of hydrogen-bond acceptors (Lipinski definition) is 5. The molecule has 1 saturated heterocycles. The van der Waals surface area contributed by atoms with Crippen LogP contribution in [0.15, 0.2) is 23.1 Å². The van der Waals surface area contributed by atoms with Gasteiger partial charge in [0, 0.05) is 35.2 Å². The minimum Gasteiger partial charge on any atom is -0.444 e. The number of hydrogen-bond donors (Lipinski definition) is 1. The zero-order chi connectivity index (χ0) is 26.8. The van der Waals surface area contributed by atoms with Gasteiger partial charge in [0.2, 0.25) is 15.9 Å². The molecule has 2 amide bonds. The molecule has 1 aliphatic heterocycles. The molecule has 1 aromatic carbocycles. The van der Waals surface area contributed by atoms with Gasteiger partial charge in [0.15, 0.2) is 0 Å². The Morgan fingerprint density at radius 3 is 2.06 bits per heavy atom. The summed E-state index contributed by atoms with van der Waals surface area (Å²) in [5, 5.41) is 3.28. The Kier molecular flexibility index (Phi) is 9.23. The molecule has 0 aromatic heterocycles. The van der Waals surface area contributed by atoms with Gasteiger partial charge < -0.3 is 15.0 Å². The van der Waals surface area contributed by atoms with Gasteiger partial charge in [0.05, 0.1) is 4.90 Å². The standard InChI is InChI=1S/C25H37Cl2N3O5S/c1-16(2)12-22(28-24(32)35-25(3,4)5)23(31)29-10-8-20(9-11-29)30(19-6-7-19)36(33,34)21-14-17(26)13-18(27)15-21/h13-16,19-20,22H,6-12H2,1-5H3,(H,28,32)/t22-/m1/s1. The third-order valence-corrected chi connectivity index (χ3v) is 8.57. The summed E-state index contributed by atoms with van der Waals surface area (Å²) in [5.41, 5.74) is -0.668. The molecule has 1 N–H and O–H groups in total. The lowest BCUT2D eigenvalue weighted by molar-refractivity contribution is -0.135. The first kappa shape index (κ1) is 29.0. The second-order valence-corrected chi connectivity index (χ2v) is 13.8. The van der Waals surface area contributed by atoms with Crippen molar-refractivity contribution in [2.75, 3.05) is 13.1 Å². The maximum absolute atomic E-state index is 13.6. The van der Waals surface area contributed by atoms with Gasteiger partial charge in [0.1, 0.15) is 11.6 Å². The van der Waals surface area contributed by atoms with Crippen molar-refractivity contribution < 1.29 is 22.7 Å². The van der Waals surface area contributed by atoms with E-state index >= 15 is 0 Å². The normalized spacial score (nSPS) is 18.4. The number of amides is 2. The van der Waals surface area contributed by atoms with Crippen molar-refractivity contribution in [3.8, 4) is 0 Å². The number of sulfonamides is 1. The Hall–Kier alpha value is -1.55. The van der Waals surface area contributed by atoms with E-state index in [0.29, 0.717) is 32.4 Å². The summed E-state index contributed by atoms with van der Waals surface area (Å²) in [6.45, 7) is 10.1. The van der Waals surface area contributed by atoms with Crippen LogP contribution in [0.4, 0.5) is 4.79 Å². The van der Waals surface area contributed by atoms with E-state index in [-0.39, 0.29) is 38.8 Å². The van der Waals surface area contributed by atoms with Crippen LogP contribution in [0, 0.1) is 5.92 Å². The molecule has 202 valence electrons. The molecule has 0 radical (unpaired) electrons. The highest BCUT2D eigenvalue weighted by Gasteiger charge is 2.44. The molecule has 0 spiro atoms. The van der Waals surface area contributed by atoms with Crippen molar-refractivity contribution in [3.05, 3.63) is 28.2 Å². The van der Waals surface area contributed by atoms with Gasteiger partial charge in [0.25, 0.3) is 0 Å². The predicted octanol–water partition coefficient (Wildman–Crippen LogP) is 5.08. The number of carbonyl (C=O) groups excluding carboxylic acids is 2. The number of rotatable bonds is 8. The zero-order valence-electron chi connectivity index (χ0n) is 21.6. The summed E-state index contributed by atoms with van der Waals surface area (Å²) in [7, 11) is -3.80. The third kappa shape index (κ3) is 7.73. The highest BCUT2D eigenvalue weighted by atomic mass is 35.5. The van der Waals surface area contributed by atoms with Gasteiger partial charge in [-0.25, -0.2) is 13.2 Å². The van der Waals surface area contributed by atoms with Crippen LogP contribution in [-0.2, 0) is 19.6 Å². The van der Waals surface area contributed by atoms with Crippen LogP contribution in [0.3, 0.4) is 0 Å². The Morgan fingerprint density at radius 2 is 1.58 bits per heavy atom. The fourth-order valence-electron chi connectivity index (χ4n) is 4.52. The summed E-state index contributed by atoms with van der Waals surface area (Å²) in [6.07, 6.45) is 2.50. The van der Waals surface area contributed by atoms with E-state index in [1.54, 1.807) is 30.0 Å². The van der Waals surface area contributed by atoms with Crippen LogP contribution >= 0.6 is 23.2 Å². The number of halogens is 2. The van der Waals surface area contributed by atoms with Gasteiger partial charge >= 0.3 is 6.09 Å². The molecular formula is C25H37Cl2N3O5S. The van der Waals surface area contributed by atoms with E-state index < -0.39 is 27.8 Å². The van der Waals surface area contributed by atoms with Crippen LogP contribution in [0.1, 0.15) is 66.7 Å². The lowest BCUT2D eigenvalue weighted by atomic mass is 10.00. The molecule has 1 atom stereocenters. The summed E-state index contributed by atoms with van der Waals surface area (Å²) in [6, 6.07) is 3.38. The number of alkyl carbamates (subject to hydrolysis) is 1. The van der Waals surface area contributed by atoms with Gasteiger partial charge in [-0.2, -0.15) is 4.31 Å². The Morgan fingerprint density at radius 1 is 1.06 bits per heavy atom. The lowest BCUT2D eigenvalue weighted by Gasteiger charge is -2.39. The van der Waals surface area contributed by atoms with E-state index in [0.717, 1.165) is 12.8 Å². The number of nitrogens with zero attached hydrogens (tertiary/aromatic N) is 2. The predicted molar refractivity (Wildman–Crippen MR) is 141 cm³/mol. The van der Waals surface area contributed by atoms with E-state index in [2.05, 4.69) is 5.32 Å². The van der Waals surface area contributed by atoms with Gasteiger partial charge in [-0.3, -0.25) is 4.79 Å². The minimum atomic E-state index is -3.80. The van der Waals surface area contributed by atoms with E-state index in [1.165, 1.54) is 18.2 Å². The van der Waals surface area contributed by atoms with Crippen LogP contribution < -0.4 is 5.32 Å². The van der Waals surface area contributed by atoms with Crippen LogP contribution in [-0.4, -0.2) is 66.4 Å². The number of benzene rings is 1. The fourth-order valence-corrected chi connectivity index (χ4v) is 7.18. The molecule has 11 heteroatoms. The van der Waals surface area contributed by atoms with Crippen molar-refractivity contribution in [3.63, 3.8) is 0 Å². The first-order valence-corrected chi connectivity index (χ1v) is 14.6. The molecular weight excluding hydrogens is 525 g/mol. The van der Waals surface area contributed by atoms with E-state index in [1.807, 2.05) is 13.8 Å². The average molecular weight is 563 g/mol. The van der Waals surface area contributed by atoms with Crippen molar-refractivity contribution >= 4 is 45.2 Å². The van der Waals surface area contributed by atoms with Crippen molar-refractivity contribution in [1.82, 2.24) is 14.5 Å². The maximum atomic E-state index is 13.6. The summed E-state index contributed by atoms with van der Waals surface area (Å²) in [5.74, 6) is 0.0157. The lowest BCUT2D eigenvalue weighted by Crippen LogP contribution is -2.54. The largest absolute Gasteiger partial charge is 0.444 e. The third-order valence-electron chi connectivity index (χ3n) is 6.15. The van der Waals surface area contributed by atoms with Gasteiger partial charge in [-0.1, -0.05) is 37.0 Å². The Balaban J connectivity index is 1.70. The number of nitrogens with one attached hydrogen (secondary N) is 1. The first-order valence-electron chi connectivity index (χ1n) is 12.5. The monoisotopic (exact) mass is 561 g/mol. The van der Waals surface area contributed by atoms with Crippen molar-refractivity contribution in [2.45, 2.75) is 95.3 Å². The molecule has 36 heavy (non-hydrogen) atoms.